The van der Waals surface area contributed by atoms with Gasteiger partial charge in [0.15, 0.2) is 0 Å². The molecule has 0 aromatic carbocycles. The Balaban J connectivity index is 4.07. The van der Waals surface area contributed by atoms with Gasteiger partial charge in [-0.25, -0.2) is 0 Å². The number of hydrogen-bond donors (Lipinski definition) is 4. The van der Waals surface area contributed by atoms with Crippen LogP contribution in [-0.2, 0) is 0 Å². The molecule has 1 atom stereocenters. The lowest BCUT2D eigenvalue weighted by molar-refractivity contribution is 0.283. The second-order valence-electron chi connectivity index (χ2n) is 3.80. The summed E-state index contributed by atoms with van der Waals surface area (Å²) in [7, 11) is -2.18. The predicted molar refractivity (Wildman–Crippen MR) is 59.5 cm³/mol. The smallest absolute Gasteiger partial charge is 0.140 e. The lowest BCUT2D eigenvalue weighted by Crippen LogP contribution is -2.49. The highest BCUT2D eigenvalue weighted by Gasteiger charge is 2.32. The molecule has 0 aromatic rings. The molecule has 0 bridgehead atoms. The molecule has 0 aliphatic carbocycles. The van der Waals surface area contributed by atoms with Crippen molar-refractivity contribution in [2.75, 3.05) is 24.4 Å². The maximum absolute atomic E-state index is 9.12. The van der Waals surface area contributed by atoms with Crippen LogP contribution in [0.4, 0.5) is 0 Å². The molecule has 0 saturated carbocycles. The number of thiol groups is 1. The highest BCUT2D eigenvalue weighted by atomic mass is 32.1. The van der Waals surface area contributed by atoms with Crippen molar-refractivity contribution in [3.05, 3.63) is 0 Å². The molecule has 0 radical (unpaired) electrons. The molecule has 13 heavy (non-hydrogen) atoms. The van der Waals surface area contributed by atoms with Gasteiger partial charge in [-0.05, 0) is 24.1 Å². The van der Waals surface area contributed by atoms with E-state index in [4.69, 9.17) is 15.3 Å². The highest BCUT2D eigenvalue weighted by molar-refractivity contribution is 7.80. The van der Waals surface area contributed by atoms with Crippen LogP contribution in [0.5, 0.6) is 0 Å². The molecule has 1 unspecified atom stereocenters. The highest BCUT2D eigenvalue weighted by Crippen LogP contribution is 2.18. The standard InChI is InChI=1S/C8H20O3SSi/c1-8(2-3-12)4-13(5-9,6-10)7-11/h8-12H,2-7H2,1H3. The molecule has 3 nitrogen and oxygen atoms in total. The second kappa shape index (κ2) is 6.84. The summed E-state index contributed by atoms with van der Waals surface area (Å²) in [6.07, 6.45) is 0.878. The van der Waals surface area contributed by atoms with Gasteiger partial charge in [0.1, 0.15) is 8.07 Å². The predicted octanol–water partition coefficient (Wildman–Crippen LogP) is -0.0143. The van der Waals surface area contributed by atoms with Gasteiger partial charge in [-0.3, -0.25) is 0 Å². The van der Waals surface area contributed by atoms with Crippen molar-refractivity contribution >= 4 is 20.7 Å². The zero-order chi connectivity index (χ0) is 10.3. The normalized spacial score (nSPS) is 14.5. The summed E-state index contributed by atoms with van der Waals surface area (Å²) >= 11 is 4.13. The van der Waals surface area contributed by atoms with Crippen LogP contribution in [0, 0.1) is 5.92 Å². The zero-order valence-corrected chi connectivity index (χ0v) is 10.0. The van der Waals surface area contributed by atoms with Crippen molar-refractivity contribution < 1.29 is 15.3 Å². The molecule has 0 aliphatic heterocycles. The summed E-state index contributed by atoms with van der Waals surface area (Å²) in [5, 5.41) is 27.3. The molecular weight excluding hydrogens is 204 g/mol. The summed E-state index contributed by atoms with van der Waals surface area (Å²) in [5.74, 6) is 1.24. The SMILES string of the molecule is CC(CCS)C[Si](CO)(CO)CO. The monoisotopic (exact) mass is 224 g/mol. The molecule has 3 N–H and O–H groups in total. The summed E-state index contributed by atoms with van der Waals surface area (Å²) < 4.78 is 0. The summed E-state index contributed by atoms with van der Waals surface area (Å²) in [5.41, 5.74) is 0. The van der Waals surface area contributed by atoms with E-state index in [1.165, 1.54) is 0 Å². The molecule has 0 spiro atoms. The molecular formula is C8H20O3SSi. The topological polar surface area (TPSA) is 60.7 Å². The maximum atomic E-state index is 9.12. The molecule has 80 valence electrons. The molecule has 0 heterocycles. The fraction of sp³-hybridized carbons (Fsp3) is 1.00. The van der Waals surface area contributed by atoms with E-state index < -0.39 is 8.07 Å². The Kier molecular flexibility index (Phi) is 7.07. The molecule has 0 fully saturated rings. The quantitative estimate of drug-likeness (QED) is 0.363. The van der Waals surface area contributed by atoms with Crippen LogP contribution in [0.25, 0.3) is 0 Å². The van der Waals surface area contributed by atoms with Crippen LogP contribution in [0.1, 0.15) is 13.3 Å². The van der Waals surface area contributed by atoms with E-state index in [1.807, 2.05) is 0 Å². The lowest BCUT2D eigenvalue weighted by atomic mass is 10.2. The summed E-state index contributed by atoms with van der Waals surface area (Å²) in [6.45, 7) is 2.07. The molecule has 5 heteroatoms. The Hall–Kier alpha value is 0.447. The summed E-state index contributed by atoms with van der Waals surface area (Å²) in [4.78, 5) is 0. The average Bonchev–Trinajstić information content (AvgIpc) is 2.15. The number of hydrogen-bond acceptors (Lipinski definition) is 4. The van der Waals surface area contributed by atoms with Crippen LogP contribution in [-0.4, -0.2) is 47.8 Å². The molecule has 0 aromatic heterocycles. The Bertz CT molecular complexity index is 122. The van der Waals surface area contributed by atoms with E-state index in [1.54, 1.807) is 0 Å². The molecule has 0 aliphatic rings. The maximum Gasteiger partial charge on any atom is 0.140 e. The summed E-state index contributed by atoms with van der Waals surface area (Å²) in [6, 6.07) is 0.775. The Morgan fingerprint density at radius 3 is 1.92 bits per heavy atom. The van der Waals surface area contributed by atoms with Crippen LogP contribution in [0.2, 0.25) is 6.04 Å². The molecule has 0 rings (SSSR count). The van der Waals surface area contributed by atoms with E-state index in [9.17, 15) is 0 Å². The third-order valence-electron chi connectivity index (χ3n) is 2.41. The minimum atomic E-state index is -2.18. The van der Waals surface area contributed by atoms with Gasteiger partial charge in [-0.2, -0.15) is 12.6 Å². The van der Waals surface area contributed by atoms with Crippen molar-refractivity contribution in [2.45, 2.75) is 19.4 Å². The minimum absolute atomic E-state index is 0.0308. The van der Waals surface area contributed by atoms with Crippen molar-refractivity contribution in [1.82, 2.24) is 0 Å². The van der Waals surface area contributed by atoms with Crippen LogP contribution < -0.4 is 0 Å². The van der Waals surface area contributed by atoms with Crippen molar-refractivity contribution in [1.29, 1.82) is 0 Å². The van der Waals surface area contributed by atoms with Gasteiger partial charge < -0.3 is 15.3 Å². The first-order valence-electron chi connectivity index (χ1n) is 4.57. The fourth-order valence-electron chi connectivity index (χ4n) is 1.41. The fourth-order valence-corrected chi connectivity index (χ4v) is 4.22. The van der Waals surface area contributed by atoms with Crippen LogP contribution >= 0.6 is 12.6 Å². The van der Waals surface area contributed by atoms with E-state index in [2.05, 4.69) is 19.6 Å². The van der Waals surface area contributed by atoms with Gasteiger partial charge in [0.2, 0.25) is 0 Å². The van der Waals surface area contributed by atoms with Crippen molar-refractivity contribution in [2.24, 2.45) is 5.92 Å². The van der Waals surface area contributed by atoms with E-state index in [0.29, 0.717) is 5.92 Å². The first-order valence-corrected chi connectivity index (χ1v) is 8.03. The zero-order valence-electron chi connectivity index (χ0n) is 8.11. The van der Waals surface area contributed by atoms with Gasteiger partial charge in [0.25, 0.3) is 0 Å². The van der Waals surface area contributed by atoms with Crippen molar-refractivity contribution in [3.8, 4) is 0 Å². The Morgan fingerprint density at radius 2 is 1.62 bits per heavy atom. The van der Waals surface area contributed by atoms with Crippen LogP contribution in [0.3, 0.4) is 0 Å². The number of aliphatic hydroxyl groups excluding tert-OH is 3. The Labute approximate surface area is 86.2 Å². The van der Waals surface area contributed by atoms with E-state index in [-0.39, 0.29) is 18.7 Å². The van der Waals surface area contributed by atoms with Crippen molar-refractivity contribution in [3.63, 3.8) is 0 Å². The van der Waals surface area contributed by atoms with Gasteiger partial charge in [0.05, 0.1) is 0 Å². The third kappa shape index (κ3) is 4.46. The molecule has 0 amide bonds. The van der Waals surface area contributed by atoms with Gasteiger partial charge in [-0.15, -0.1) is 0 Å². The van der Waals surface area contributed by atoms with Gasteiger partial charge >= 0.3 is 0 Å². The van der Waals surface area contributed by atoms with E-state index in [0.717, 1.165) is 18.2 Å². The second-order valence-corrected chi connectivity index (χ2v) is 8.60. The first-order chi connectivity index (χ1) is 6.14. The molecule has 0 saturated heterocycles. The van der Waals surface area contributed by atoms with Gasteiger partial charge in [0, 0.05) is 18.7 Å². The van der Waals surface area contributed by atoms with Crippen LogP contribution in [0.15, 0.2) is 0 Å². The average molecular weight is 224 g/mol. The lowest BCUT2D eigenvalue weighted by Gasteiger charge is -2.27. The number of rotatable bonds is 7. The van der Waals surface area contributed by atoms with Gasteiger partial charge in [-0.1, -0.05) is 6.92 Å². The van der Waals surface area contributed by atoms with E-state index >= 15 is 0 Å². The first kappa shape index (κ1) is 13.4. The number of aliphatic hydroxyl groups is 3. The third-order valence-corrected chi connectivity index (χ3v) is 6.24. The largest absolute Gasteiger partial charge is 0.399 e. The minimum Gasteiger partial charge on any atom is -0.399 e. The Morgan fingerprint density at radius 1 is 1.15 bits per heavy atom.